The molecule has 1 aromatic heterocycles. The second kappa shape index (κ2) is 3.95. The minimum absolute atomic E-state index is 0.133. The van der Waals surface area contributed by atoms with Gasteiger partial charge in [-0.2, -0.15) is 0 Å². The minimum Gasteiger partial charge on any atom is -0.270 e. The molecule has 2 heterocycles. The van der Waals surface area contributed by atoms with Crippen LogP contribution in [0.15, 0.2) is 12.3 Å². The van der Waals surface area contributed by atoms with E-state index in [1.807, 2.05) is 27.7 Å². The smallest absolute Gasteiger partial charge is 0.270 e. The highest BCUT2D eigenvalue weighted by molar-refractivity contribution is 6.20. The molecule has 0 spiro atoms. The second-order valence-corrected chi connectivity index (χ2v) is 4.89. The van der Waals surface area contributed by atoms with Crippen LogP contribution in [0.3, 0.4) is 0 Å². The van der Waals surface area contributed by atoms with Gasteiger partial charge in [-0.05, 0) is 31.4 Å². The number of carbonyl (C=O) groups excluding carboxylic acids is 2. The minimum atomic E-state index is -0.282. The Morgan fingerprint density at radius 2 is 1.76 bits per heavy atom. The first-order valence-electron chi connectivity index (χ1n) is 5.81. The van der Waals surface area contributed by atoms with Crippen LogP contribution in [0.5, 0.6) is 0 Å². The summed E-state index contributed by atoms with van der Waals surface area (Å²) in [5, 5.41) is 0. The molecule has 0 fully saturated rings. The second-order valence-electron chi connectivity index (χ2n) is 4.89. The van der Waals surface area contributed by atoms with E-state index in [0.29, 0.717) is 11.5 Å². The van der Waals surface area contributed by atoms with Crippen LogP contribution in [0.2, 0.25) is 0 Å². The first-order valence-corrected chi connectivity index (χ1v) is 5.81. The number of rotatable bonds is 2. The van der Waals surface area contributed by atoms with Crippen LogP contribution in [0.4, 0.5) is 0 Å². The largest absolute Gasteiger partial charge is 0.280 e. The summed E-state index contributed by atoms with van der Waals surface area (Å²) in [6.45, 7) is 7.71. The van der Waals surface area contributed by atoms with Crippen LogP contribution in [0.1, 0.15) is 60.0 Å². The molecule has 0 aromatic carbocycles. The van der Waals surface area contributed by atoms with Gasteiger partial charge in [0.05, 0.1) is 5.56 Å². The van der Waals surface area contributed by atoms with Gasteiger partial charge in [0.2, 0.25) is 0 Å². The summed E-state index contributed by atoms with van der Waals surface area (Å²) in [4.78, 5) is 29.5. The van der Waals surface area contributed by atoms with Crippen LogP contribution in [-0.2, 0) is 0 Å². The first-order chi connectivity index (χ1) is 7.93. The predicted molar refractivity (Wildman–Crippen MR) is 64.0 cm³/mol. The Kier molecular flexibility index (Phi) is 2.73. The molecule has 4 heteroatoms. The maximum absolute atomic E-state index is 12.1. The van der Waals surface area contributed by atoms with Gasteiger partial charge in [-0.1, -0.05) is 13.8 Å². The molecule has 0 bridgehead atoms. The molecule has 90 valence electrons. The zero-order valence-electron chi connectivity index (χ0n) is 10.5. The van der Waals surface area contributed by atoms with E-state index in [0.717, 1.165) is 5.56 Å². The third kappa shape index (κ3) is 1.73. The highest BCUT2D eigenvalue weighted by Crippen LogP contribution is 2.25. The van der Waals surface area contributed by atoms with E-state index in [1.54, 1.807) is 12.3 Å². The average molecular weight is 232 g/mol. The van der Waals surface area contributed by atoms with E-state index in [-0.39, 0.29) is 23.6 Å². The number of pyridine rings is 1. The van der Waals surface area contributed by atoms with E-state index in [2.05, 4.69) is 4.98 Å². The highest BCUT2D eigenvalue weighted by Gasteiger charge is 2.38. The van der Waals surface area contributed by atoms with Crippen molar-refractivity contribution in [2.24, 2.45) is 0 Å². The Morgan fingerprint density at radius 3 is 2.29 bits per heavy atom. The Labute approximate surface area is 101 Å². The topological polar surface area (TPSA) is 50.3 Å². The van der Waals surface area contributed by atoms with E-state index in [9.17, 15) is 9.59 Å². The summed E-state index contributed by atoms with van der Waals surface area (Å²) in [6.07, 6.45) is 1.68. The fourth-order valence-electron chi connectivity index (χ4n) is 1.94. The lowest BCUT2D eigenvalue weighted by molar-refractivity contribution is 0.0607. The molecule has 1 aromatic rings. The van der Waals surface area contributed by atoms with Crippen molar-refractivity contribution in [3.63, 3.8) is 0 Å². The first kappa shape index (κ1) is 11.8. The van der Waals surface area contributed by atoms with Gasteiger partial charge in [0.1, 0.15) is 5.69 Å². The highest BCUT2D eigenvalue weighted by atomic mass is 16.2. The summed E-state index contributed by atoms with van der Waals surface area (Å²) in [7, 11) is 0. The van der Waals surface area contributed by atoms with Gasteiger partial charge in [-0.3, -0.25) is 14.5 Å². The van der Waals surface area contributed by atoms with Crippen molar-refractivity contribution in [1.82, 2.24) is 9.88 Å². The molecule has 17 heavy (non-hydrogen) atoms. The quantitative estimate of drug-likeness (QED) is 0.734. The van der Waals surface area contributed by atoms with Gasteiger partial charge in [-0.25, -0.2) is 4.98 Å². The predicted octanol–water partition coefficient (Wildman–Crippen LogP) is 2.21. The maximum Gasteiger partial charge on any atom is 0.280 e. The fraction of sp³-hybridized carbons (Fsp3) is 0.462. The van der Waals surface area contributed by atoms with E-state index < -0.39 is 0 Å². The molecule has 0 saturated heterocycles. The molecule has 2 rings (SSSR count). The number of amides is 2. The van der Waals surface area contributed by atoms with E-state index >= 15 is 0 Å². The van der Waals surface area contributed by atoms with Crippen molar-refractivity contribution in [3.8, 4) is 0 Å². The lowest BCUT2D eigenvalue weighted by Crippen LogP contribution is -2.36. The zero-order chi connectivity index (χ0) is 12.7. The Hall–Kier alpha value is -1.71. The van der Waals surface area contributed by atoms with Crippen molar-refractivity contribution in [3.05, 3.63) is 29.1 Å². The van der Waals surface area contributed by atoms with Crippen LogP contribution in [-0.4, -0.2) is 27.7 Å². The van der Waals surface area contributed by atoms with E-state index in [1.165, 1.54) is 4.90 Å². The van der Waals surface area contributed by atoms with Crippen molar-refractivity contribution in [1.29, 1.82) is 0 Å². The number of hydrogen-bond donors (Lipinski definition) is 0. The summed E-state index contributed by atoms with van der Waals surface area (Å²) < 4.78 is 0. The number of nitrogens with zero attached hydrogens (tertiary/aromatic N) is 2. The summed E-state index contributed by atoms with van der Waals surface area (Å²) in [6, 6.07) is 1.65. The normalized spacial score (nSPS) is 15.1. The maximum atomic E-state index is 12.1. The SMILES string of the molecule is CC(C)c1cnc2c(c1)C(=O)N(C(C)C)C2=O. The monoisotopic (exact) mass is 232 g/mol. The molecule has 1 aliphatic rings. The van der Waals surface area contributed by atoms with Crippen molar-refractivity contribution in [2.45, 2.75) is 39.7 Å². The summed E-state index contributed by atoms with van der Waals surface area (Å²) >= 11 is 0. The summed E-state index contributed by atoms with van der Waals surface area (Å²) in [5.74, 6) is -0.214. The van der Waals surface area contributed by atoms with Gasteiger partial charge in [0.25, 0.3) is 11.8 Å². The Bertz CT molecular complexity index is 492. The van der Waals surface area contributed by atoms with Gasteiger partial charge >= 0.3 is 0 Å². The molecule has 2 amide bonds. The molecule has 1 aliphatic heterocycles. The summed E-state index contributed by atoms with van der Waals surface area (Å²) in [5.41, 5.74) is 1.71. The van der Waals surface area contributed by atoms with Crippen LogP contribution in [0, 0.1) is 0 Å². The third-order valence-corrected chi connectivity index (χ3v) is 2.96. The lowest BCUT2D eigenvalue weighted by atomic mass is 10.0. The molecule has 0 saturated carbocycles. The van der Waals surface area contributed by atoms with Crippen LogP contribution in [0.25, 0.3) is 0 Å². The number of carbonyl (C=O) groups is 2. The molecular formula is C13H16N2O2. The number of imide groups is 1. The van der Waals surface area contributed by atoms with Gasteiger partial charge in [-0.15, -0.1) is 0 Å². The van der Waals surface area contributed by atoms with Gasteiger partial charge < -0.3 is 0 Å². The van der Waals surface area contributed by atoms with Crippen LogP contribution >= 0.6 is 0 Å². The molecule has 0 aliphatic carbocycles. The number of fused-ring (bicyclic) bond motifs is 1. The van der Waals surface area contributed by atoms with Crippen molar-refractivity contribution < 1.29 is 9.59 Å². The molecule has 0 atom stereocenters. The Balaban J connectivity index is 2.51. The lowest BCUT2D eigenvalue weighted by Gasteiger charge is -2.17. The van der Waals surface area contributed by atoms with Crippen molar-refractivity contribution >= 4 is 11.8 Å². The Morgan fingerprint density at radius 1 is 1.12 bits per heavy atom. The molecular weight excluding hydrogens is 216 g/mol. The standard InChI is InChI=1S/C13H16N2O2/c1-7(2)9-5-10-11(14-6-9)13(17)15(8(3)4)12(10)16/h5-8H,1-4H3. The zero-order valence-corrected chi connectivity index (χ0v) is 10.5. The number of hydrogen-bond acceptors (Lipinski definition) is 3. The van der Waals surface area contributed by atoms with E-state index in [4.69, 9.17) is 0 Å². The average Bonchev–Trinajstić information content (AvgIpc) is 2.51. The fourth-order valence-corrected chi connectivity index (χ4v) is 1.94. The van der Waals surface area contributed by atoms with Gasteiger partial charge in [0.15, 0.2) is 0 Å². The van der Waals surface area contributed by atoms with Gasteiger partial charge in [0, 0.05) is 12.2 Å². The van der Waals surface area contributed by atoms with Crippen molar-refractivity contribution in [2.75, 3.05) is 0 Å². The molecule has 0 radical (unpaired) electrons. The molecule has 0 N–H and O–H groups in total. The molecule has 4 nitrogen and oxygen atoms in total. The third-order valence-electron chi connectivity index (χ3n) is 2.96. The number of aromatic nitrogens is 1. The van der Waals surface area contributed by atoms with Crippen LogP contribution < -0.4 is 0 Å². The molecule has 0 unspecified atom stereocenters.